The van der Waals surface area contributed by atoms with Gasteiger partial charge in [-0.15, -0.1) is 0 Å². The van der Waals surface area contributed by atoms with Crippen molar-refractivity contribution in [2.24, 2.45) is 4.99 Å². The van der Waals surface area contributed by atoms with Crippen LogP contribution < -0.4 is 0 Å². The highest BCUT2D eigenvalue weighted by atomic mass is 32.2. The minimum atomic E-state index is 0.385. The number of nitrogens with zero attached hydrogens (tertiary/aromatic N) is 1. The lowest BCUT2D eigenvalue weighted by atomic mass is 10.2. The van der Waals surface area contributed by atoms with Gasteiger partial charge in [0.25, 0.3) is 0 Å². The van der Waals surface area contributed by atoms with Gasteiger partial charge in [-0.25, -0.2) is 0 Å². The van der Waals surface area contributed by atoms with Crippen molar-refractivity contribution >= 4 is 21.4 Å². The minimum Gasteiger partial charge on any atom is -0.0685 e. The molecule has 0 radical (unpaired) electrons. The molecule has 0 amide bonds. The van der Waals surface area contributed by atoms with Crippen molar-refractivity contribution in [2.75, 3.05) is 5.75 Å². The quantitative estimate of drug-likeness (QED) is 0.353. The Balaban J connectivity index is 2.08. The average molecular weight is 184 g/mol. The summed E-state index contributed by atoms with van der Waals surface area (Å²) in [6.07, 6.45) is 5.47. The highest BCUT2D eigenvalue weighted by Gasteiger charge is 2.13. The van der Waals surface area contributed by atoms with Gasteiger partial charge in [-0.3, -0.25) is 0 Å². The number of hydrogen-bond donors (Lipinski definition) is 0. The molecule has 1 heterocycles. The second-order valence-electron chi connectivity index (χ2n) is 3.23. The molecular formula is C10H18NS+. The summed E-state index contributed by atoms with van der Waals surface area (Å²) in [6.45, 7) is 4.33. The highest BCUT2D eigenvalue weighted by Crippen LogP contribution is 2.20. The zero-order chi connectivity index (χ0) is 8.81. The standard InChI is InChI=1S/C10H18NS/c1-3-4-5-6-7-12-8-10(2)11-9-12/h8-9H,3-7H2,1-2H3/q+1. The number of aliphatic imine (C=N–C) groups is 1. The zero-order valence-corrected chi connectivity index (χ0v) is 8.86. The first kappa shape index (κ1) is 9.85. The molecule has 0 aromatic carbocycles. The molecule has 0 fully saturated rings. The van der Waals surface area contributed by atoms with Gasteiger partial charge in [0.15, 0.2) is 11.6 Å². The molecule has 0 saturated carbocycles. The first-order chi connectivity index (χ1) is 5.83. The Morgan fingerprint density at radius 1 is 1.33 bits per heavy atom. The maximum atomic E-state index is 4.26. The SMILES string of the molecule is CCCCCCS1=C[C+](C)N=C1. The molecule has 0 bridgehead atoms. The van der Waals surface area contributed by atoms with Crippen LogP contribution in [-0.2, 0) is 0 Å². The third-order valence-electron chi connectivity index (χ3n) is 1.95. The Morgan fingerprint density at radius 2 is 2.17 bits per heavy atom. The van der Waals surface area contributed by atoms with Crippen LogP contribution in [0.15, 0.2) is 4.99 Å². The number of unbranched alkanes of at least 4 members (excludes halogenated alkanes) is 3. The van der Waals surface area contributed by atoms with E-state index in [9.17, 15) is 0 Å². The van der Waals surface area contributed by atoms with Crippen LogP contribution in [0, 0.1) is 6.04 Å². The maximum absolute atomic E-state index is 4.26. The monoisotopic (exact) mass is 184 g/mol. The van der Waals surface area contributed by atoms with Crippen molar-refractivity contribution in [3.8, 4) is 0 Å². The highest BCUT2D eigenvalue weighted by molar-refractivity contribution is 8.26. The van der Waals surface area contributed by atoms with Crippen LogP contribution in [0.3, 0.4) is 0 Å². The fourth-order valence-corrected chi connectivity index (χ4v) is 2.86. The van der Waals surface area contributed by atoms with Crippen LogP contribution in [0.1, 0.15) is 39.5 Å². The van der Waals surface area contributed by atoms with Gasteiger partial charge in [0, 0.05) is 12.7 Å². The molecule has 1 atom stereocenters. The largest absolute Gasteiger partial charge is 0.193 e. The average Bonchev–Trinajstić information content (AvgIpc) is 2.45. The van der Waals surface area contributed by atoms with E-state index in [1.54, 1.807) is 0 Å². The summed E-state index contributed by atoms with van der Waals surface area (Å²) in [5.74, 6) is 1.32. The summed E-state index contributed by atoms with van der Waals surface area (Å²) in [5.41, 5.74) is 2.11. The molecule has 68 valence electrons. The second kappa shape index (κ2) is 5.41. The second-order valence-corrected chi connectivity index (χ2v) is 5.02. The number of hydrogen-bond acceptors (Lipinski definition) is 1. The predicted octanol–water partition coefficient (Wildman–Crippen LogP) is 3.23. The van der Waals surface area contributed by atoms with Gasteiger partial charge in [-0.1, -0.05) is 31.2 Å². The van der Waals surface area contributed by atoms with E-state index in [1.807, 2.05) is 0 Å². The van der Waals surface area contributed by atoms with Crippen molar-refractivity contribution < 1.29 is 0 Å². The molecule has 0 spiro atoms. The van der Waals surface area contributed by atoms with E-state index in [-0.39, 0.29) is 0 Å². The summed E-state index contributed by atoms with van der Waals surface area (Å²) in [7, 11) is 0.385. The van der Waals surface area contributed by atoms with Gasteiger partial charge >= 0.3 is 0 Å². The van der Waals surface area contributed by atoms with E-state index < -0.39 is 0 Å². The first-order valence-electron chi connectivity index (χ1n) is 4.74. The summed E-state index contributed by atoms with van der Waals surface area (Å²) in [6, 6.07) is 1.20. The van der Waals surface area contributed by atoms with Crippen molar-refractivity contribution in [2.45, 2.75) is 39.5 Å². The van der Waals surface area contributed by atoms with Gasteiger partial charge in [0.05, 0.1) is 5.37 Å². The van der Waals surface area contributed by atoms with Crippen molar-refractivity contribution in [1.82, 2.24) is 0 Å². The lowest BCUT2D eigenvalue weighted by Gasteiger charge is -1.95. The van der Waals surface area contributed by atoms with Gasteiger partial charge < -0.3 is 0 Å². The third kappa shape index (κ3) is 3.44. The molecule has 1 aliphatic heterocycles. The molecule has 1 unspecified atom stereocenters. The third-order valence-corrected chi connectivity index (χ3v) is 3.73. The Morgan fingerprint density at radius 3 is 2.75 bits per heavy atom. The summed E-state index contributed by atoms with van der Waals surface area (Å²) in [4.78, 5) is 4.26. The first-order valence-corrected chi connectivity index (χ1v) is 6.26. The lowest BCUT2D eigenvalue weighted by Crippen LogP contribution is -1.85. The van der Waals surface area contributed by atoms with Crippen molar-refractivity contribution in [3.05, 3.63) is 6.04 Å². The van der Waals surface area contributed by atoms with Crippen LogP contribution in [0.5, 0.6) is 0 Å². The van der Waals surface area contributed by atoms with E-state index in [1.165, 1.54) is 37.5 Å². The number of rotatable bonds is 5. The molecule has 0 aromatic heterocycles. The molecule has 0 saturated heterocycles. The van der Waals surface area contributed by atoms with E-state index in [0.29, 0.717) is 10.5 Å². The van der Waals surface area contributed by atoms with Gasteiger partial charge in [-0.2, -0.15) is 0 Å². The zero-order valence-electron chi connectivity index (χ0n) is 8.05. The van der Waals surface area contributed by atoms with Gasteiger partial charge in [0.1, 0.15) is 0 Å². The summed E-state index contributed by atoms with van der Waals surface area (Å²) >= 11 is 0. The van der Waals surface area contributed by atoms with Crippen LogP contribution in [0.25, 0.3) is 0 Å². The van der Waals surface area contributed by atoms with E-state index >= 15 is 0 Å². The van der Waals surface area contributed by atoms with Crippen molar-refractivity contribution in [3.63, 3.8) is 0 Å². The molecule has 1 rings (SSSR count). The Hall–Kier alpha value is -0.240. The van der Waals surface area contributed by atoms with Crippen LogP contribution in [0.2, 0.25) is 0 Å². The molecule has 1 aliphatic rings. The smallest absolute Gasteiger partial charge is 0.0685 e. The molecule has 2 heteroatoms. The minimum absolute atomic E-state index is 0.385. The molecular weight excluding hydrogens is 166 g/mol. The van der Waals surface area contributed by atoms with Gasteiger partial charge in [0.2, 0.25) is 0 Å². The van der Waals surface area contributed by atoms with Gasteiger partial charge in [-0.05, 0) is 16.9 Å². The van der Waals surface area contributed by atoms with E-state index in [2.05, 4.69) is 29.8 Å². The Labute approximate surface area is 78.2 Å². The normalized spacial score (nSPS) is 21.5. The predicted molar refractivity (Wildman–Crippen MR) is 60.1 cm³/mol. The van der Waals surface area contributed by atoms with Crippen molar-refractivity contribution in [1.29, 1.82) is 0 Å². The molecule has 0 N–H and O–H groups in total. The fraction of sp³-hybridized carbons (Fsp3) is 0.700. The van der Waals surface area contributed by atoms with Crippen LogP contribution in [-0.4, -0.2) is 16.7 Å². The Bertz CT molecular complexity index is 184. The van der Waals surface area contributed by atoms with E-state index in [4.69, 9.17) is 0 Å². The molecule has 0 aromatic rings. The molecule has 1 nitrogen and oxygen atoms in total. The summed E-state index contributed by atoms with van der Waals surface area (Å²) < 4.78 is 0. The lowest BCUT2D eigenvalue weighted by molar-refractivity contribution is 0.707. The molecule has 0 aliphatic carbocycles. The molecule has 12 heavy (non-hydrogen) atoms. The Kier molecular flexibility index (Phi) is 4.44. The summed E-state index contributed by atoms with van der Waals surface area (Å²) in [5, 5.41) is 2.30. The van der Waals surface area contributed by atoms with Crippen LogP contribution in [0.4, 0.5) is 0 Å². The maximum Gasteiger partial charge on any atom is 0.193 e. The topological polar surface area (TPSA) is 12.4 Å². The van der Waals surface area contributed by atoms with E-state index in [0.717, 1.165) is 0 Å². The fourth-order valence-electron chi connectivity index (χ4n) is 1.24. The van der Waals surface area contributed by atoms with Crippen LogP contribution >= 0.6 is 10.5 Å².